The molecule has 0 radical (unpaired) electrons. The third kappa shape index (κ3) is 4.72. The van der Waals surface area contributed by atoms with E-state index in [0.717, 1.165) is 37.5 Å². The number of carbonyl (C=O) groups is 1. The van der Waals surface area contributed by atoms with Gasteiger partial charge in [0.25, 0.3) is 0 Å². The Hall–Kier alpha value is -0.153. The van der Waals surface area contributed by atoms with Gasteiger partial charge in [0.15, 0.2) is 8.32 Å². The van der Waals surface area contributed by atoms with Gasteiger partial charge in [0.1, 0.15) is 5.78 Å². The average molecular weight is 353 g/mol. The molecule has 140 valence electrons. The second kappa shape index (κ2) is 7.23. The molecule has 0 aromatic carbocycles. The van der Waals surface area contributed by atoms with E-state index in [4.69, 9.17) is 4.43 Å². The molecule has 0 saturated heterocycles. The van der Waals surface area contributed by atoms with Gasteiger partial charge in [0, 0.05) is 12.3 Å². The van der Waals surface area contributed by atoms with Crippen molar-refractivity contribution in [2.24, 2.45) is 23.2 Å². The fourth-order valence-corrected chi connectivity index (χ4v) is 7.60. The summed E-state index contributed by atoms with van der Waals surface area (Å²) in [6, 6.07) is 0. The van der Waals surface area contributed by atoms with Crippen LogP contribution in [0.2, 0.25) is 19.6 Å². The predicted octanol–water partition coefficient (Wildman–Crippen LogP) is 6.21. The van der Waals surface area contributed by atoms with Crippen molar-refractivity contribution in [3.63, 3.8) is 0 Å². The molecular weight excluding hydrogens is 312 g/mol. The Bertz CT molecular complexity index is 451. The Morgan fingerprint density at radius 3 is 2.58 bits per heavy atom. The van der Waals surface area contributed by atoms with Gasteiger partial charge in [-0.15, -0.1) is 0 Å². The second-order valence-electron chi connectivity index (χ2n) is 10.4. The molecule has 0 aromatic rings. The Balaban J connectivity index is 1.87. The molecule has 4 unspecified atom stereocenters. The smallest absolute Gasteiger partial charge is 0.184 e. The lowest BCUT2D eigenvalue weighted by Crippen LogP contribution is -2.39. The number of rotatable bonds is 7. The number of ketones is 1. The number of carbonyl (C=O) groups excluding carboxylic acids is 1. The van der Waals surface area contributed by atoms with Gasteiger partial charge in [-0.05, 0) is 82.8 Å². The van der Waals surface area contributed by atoms with Crippen LogP contribution >= 0.6 is 0 Å². The van der Waals surface area contributed by atoms with Crippen molar-refractivity contribution < 1.29 is 9.22 Å². The summed E-state index contributed by atoms with van der Waals surface area (Å²) in [4.78, 5) is 12.3. The summed E-state index contributed by atoms with van der Waals surface area (Å²) in [5, 5.41) is 0. The number of hydrogen-bond donors (Lipinski definition) is 0. The van der Waals surface area contributed by atoms with Crippen LogP contribution in [-0.4, -0.2) is 19.7 Å². The first kappa shape index (κ1) is 20.2. The minimum Gasteiger partial charge on any atom is -0.413 e. The van der Waals surface area contributed by atoms with Gasteiger partial charge in [-0.3, -0.25) is 4.79 Å². The summed E-state index contributed by atoms with van der Waals surface area (Å²) < 4.78 is 6.35. The summed E-state index contributed by atoms with van der Waals surface area (Å²) in [7, 11) is -1.48. The normalized spacial score (nSPS) is 32.7. The van der Waals surface area contributed by atoms with Crippen LogP contribution in [0.15, 0.2) is 0 Å². The Morgan fingerprint density at radius 1 is 1.29 bits per heavy atom. The van der Waals surface area contributed by atoms with Gasteiger partial charge < -0.3 is 4.43 Å². The molecule has 2 saturated carbocycles. The first-order chi connectivity index (χ1) is 10.9. The van der Waals surface area contributed by atoms with Crippen LogP contribution in [0.1, 0.15) is 79.1 Å². The van der Waals surface area contributed by atoms with Crippen LogP contribution in [0.5, 0.6) is 0 Å². The molecule has 3 heteroatoms. The number of Topliss-reactive ketones (excluding diaryl/α,β-unsaturated/α-hetero) is 1. The van der Waals surface area contributed by atoms with E-state index in [1.807, 2.05) is 0 Å². The third-order valence-corrected chi connectivity index (χ3v) is 7.81. The molecule has 2 rings (SSSR count). The lowest BCUT2D eigenvalue weighted by atomic mass is 9.62. The van der Waals surface area contributed by atoms with Gasteiger partial charge in [-0.2, -0.15) is 0 Å². The zero-order chi connectivity index (χ0) is 18.2. The largest absolute Gasteiger partial charge is 0.413 e. The molecule has 2 fully saturated rings. The highest BCUT2D eigenvalue weighted by Gasteiger charge is 2.52. The maximum Gasteiger partial charge on any atom is 0.184 e. The lowest BCUT2D eigenvalue weighted by molar-refractivity contribution is -0.130. The quantitative estimate of drug-likeness (QED) is 0.509. The maximum absolute atomic E-state index is 12.3. The summed E-state index contributed by atoms with van der Waals surface area (Å²) in [5.41, 5.74) is 0.298. The monoisotopic (exact) mass is 352 g/mol. The molecule has 0 spiro atoms. The summed E-state index contributed by atoms with van der Waals surface area (Å²) in [5.74, 6) is 2.40. The number of fused-ring (bicyclic) bond motifs is 1. The van der Waals surface area contributed by atoms with Gasteiger partial charge in [-0.1, -0.05) is 26.7 Å². The van der Waals surface area contributed by atoms with E-state index in [2.05, 4.69) is 47.3 Å². The minimum absolute atomic E-state index is 0.00705. The molecule has 4 atom stereocenters. The van der Waals surface area contributed by atoms with Crippen LogP contribution in [0.4, 0.5) is 0 Å². The van der Waals surface area contributed by atoms with E-state index >= 15 is 0 Å². The topological polar surface area (TPSA) is 26.3 Å². The lowest BCUT2D eigenvalue weighted by Gasteiger charge is -2.42. The van der Waals surface area contributed by atoms with Crippen molar-refractivity contribution in [2.45, 2.75) is 104 Å². The highest BCUT2D eigenvalue weighted by Crippen LogP contribution is 2.57. The molecular formula is C21H40O2Si. The molecule has 0 heterocycles. The SMILES string of the molecule is CC(CCCC(C)(C)O[Si](C)(C)C)C1CCC2C(=O)CCCC21C. The Labute approximate surface area is 151 Å². The van der Waals surface area contributed by atoms with E-state index in [1.165, 1.54) is 25.7 Å². The van der Waals surface area contributed by atoms with Crippen molar-refractivity contribution in [3.8, 4) is 0 Å². The number of hydrogen-bond acceptors (Lipinski definition) is 2. The van der Waals surface area contributed by atoms with Crippen molar-refractivity contribution in [2.75, 3.05) is 0 Å². The van der Waals surface area contributed by atoms with Crippen LogP contribution in [0.25, 0.3) is 0 Å². The van der Waals surface area contributed by atoms with E-state index in [-0.39, 0.29) is 5.60 Å². The van der Waals surface area contributed by atoms with E-state index in [9.17, 15) is 4.79 Å². The van der Waals surface area contributed by atoms with Gasteiger partial charge in [-0.25, -0.2) is 0 Å². The van der Waals surface area contributed by atoms with Crippen molar-refractivity contribution in [3.05, 3.63) is 0 Å². The molecule has 0 N–H and O–H groups in total. The molecule has 2 aliphatic rings. The Kier molecular flexibility index (Phi) is 6.07. The van der Waals surface area contributed by atoms with Gasteiger partial charge >= 0.3 is 0 Å². The van der Waals surface area contributed by atoms with E-state index in [0.29, 0.717) is 17.1 Å². The van der Waals surface area contributed by atoms with Crippen LogP contribution in [0.3, 0.4) is 0 Å². The highest BCUT2D eigenvalue weighted by molar-refractivity contribution is 6.69. The Morgan fingerprint density at radius 2 is 1.96 bits per heavy atom. The first-order valence-electron chi connectivity index (χ1n) is 10.2. The predicted molar refractivity (Wildman–Crippen MR) is 105 cm³/mol. The fraction of sp³-hybridized carbons (Fsp3) is 0.952. The van der Waals surface area contributed by atoms with Crippen molar-refractivity contribution >= 4 is 14.1 Å². The van der Waals surface area contributed by atoms with E-state index < -0.39 is 8.32 Å². The van der Waals surface area contributed by atoms with Gasteiger partial charge in [0.2, 0.25) is 0 Å². The standard InChI is InChI=1S/C21H40O2Si/c1-16(10-8-14-20(2,3)23-24(5,6)7)17-12-13-18-19(22)11-9-15-21(17,18)4/h16-18H,8-15H2,1-7H3. The van der Waals surface area contributed by atoms with Crippen LogP contribution in [-0.2, 0) is 9.22 Å². The first-order valence-corrected chi connectivity index (χ1v) is 13.6. The molecule has 24 heavy (non-hydrogen) atoms. The molecule has 0 aromatic heterocycles. The highest BCUT2D eigenvalue weighted by atomic mass is 28.4. The van der Waals surface area contributed by atoms with Gasteiger partial charge in [0.05, 0.1) is 5.60 Å². The summed E-state index contributed by atoms with van der Waals surface area (Å²) in [6.07, 6.45) is 9.30. The summed E-state index contributed by atoms with van der Waals surface area (Å²) >= 11 is 0. The molecule has 2 aliphatic carbocycles. The molecule has 0 amide bonds. The minimum atomic E-state index is -1.48. The molecule has 0 aliphatic heterocycles. The fourth-order valence-electron chi connectivity index (χ4n) is 5.84. The van der Waals surface area contributed by atoms with Crippen LogP contribution in [0, 0.1) is 23.2 Å². The zero-order valence-electron chi connectivity index (χ0n) is 17.2. The molecule has 0 bridgehead atoms. The third-order valence-electron chi connectivity index (χ3n) is 6.64. The van der Waals surface area contributed by atoms with Crippen molar-refractivity contribution in [1.29, 1.82) is 0 Å². The summed E-state index contributed by atoms with van der Waals surface area (Å²) in [6.45, 7) is 16.2. The van der Waals surface area contributed by atoms with Crippen molar-refractivity contribution in [1.82, 2.24) is 0 Å². The van der Waals surface area contributed by atoms with E-state index in [1.54, 1.807) is 0 Å². The molecule has 2 nitrogen and oxygen atoms in total. The maximum atomic E-state index is 12.3. The average Bonchev–Trinajstić information content (AvgIpc) is 2.74. The second-order valence-corrected chi connectivity index (χ2v) is 14.8. The van der Waals surface area contributed by atoms with Crippen LogP contribution < -0.4 is 0 Å². The zero-order valence-corrected chi connectivity index (χ0v) is 18.2.